The van der Waals surface area contributed by atoms with E-state index in [1.54, 1.807) is 0 Å². The number of pyridine rings is 1. The van der Waals surface area contributed by atoms with Crippen molar-refractivity contribution < 1.29 is 19.4 Å². The van der Waals surface area contributed by atoms with E-state index in [9.17, 15) is 4.79 Å². The molecule has 0 spiro atoms. The summed E-state index contributed by atoms with van der Waals surface area (Å²) in [6.07, 6.45) is 1.55. The number of nitrogens with zero attached hydrogens (tertiary/aromatic N) is 2. The van der Waals surface area contributed by atoms with Crippen molar-refractivity contribution in [1.82, 2.24) is 14.9 Å². The second-order valence-electron chi connectivity index (χ2n) is 10.0. The minimum absolute atomic E-state index is 0.0347. The Morgan fingerprint density at radius 2 is 2.07 bits per heavy atom. The normalized spacial score (nSPS) is 13.4. The van der Waals surface area contributed by atoms with Gasteiger partial charge in [0, 0.05) is 26.3 Å². The van der Waals surface area contributed by atoms with Crippen LogP contribution in [-0.4, -0.2) is 48.1 Å². The summed E-state index contributed by atoms with van der Waals surface area (Å²) >= 11 is 3.51. The third-order valence-electron chi connectivity index (χ3n) is 4.49. The largest absolute Gasteiger partial charge is 0.475 e. The first kappa shape index (κ1) is 24.7. The molecule has 30 heavy (non-hydrogen) atoms. The molecule has 2 N–H and O–H groups in total. The van der Waals surface area contributed by atoms with Gasteiger partial charge < -0.3 is 24.5 Å². The zero-order chi connectivity index (χ0) is 22.5. The van der Waals surface area contributed by atoms with Crippen molar-refractivity contribution in [3.8, 4) is 5.88 Å². The Morgan fingerprint density at radius 1 is 1.37 bits per heavy atom. The highest BCUT2D eigenvalue weighted by atomic mass is 79.9. The molecule has 0 aliphatic rings. The monoisotopic (exact) mass is 499 g/mol. The molecule has 2 aromatic rings. The maximum absolute atomic E-state index is 11.1. The van der Waals surface area contributed by atoms with E-state index in [-0.39, 0.29) is 18.1 Å². The first-order valence-corrected chi connectivity index (χ1v) is 14.7. The SMILES string of the molecule is CC(C)(C)CC(COc1nc2c(ccn2COCC[Si](C)(C)C)cc1Br)NC(=O)O. The van der Waals surface area contributed by atoms with Crippen LogP contribution in [0.3, 0.4) is 0 Å². The van der Waals surface area contributed by atoms with Crippen molar-refractivity contribution in [1.29, 1.82) is 0 Å². The van der Waals surface area contributed by atoms with Crippen LogP contribution in [0.1, 0.15) is 27.2 Å². The molecule has 0 aliphatic heterocycles. The fraction of sp³-hybridized carbons (Fsp3) is 0.619. The lowest BCUT2D eigenvalue weighted by atomic mass is 9.88. The van der Waals surface area contributed by atoms with Gasteiger partial charge in [-0.15, -0.1) is 0 Å². The number of carbonyl (C=O) groups is 1. The summed E-state index contributed by atoms with van der Waals surface area (Å²) in [6.45, 7) is 14.6. The molecule has 0 radical (unpaired) electrons. The number of hydrogen-bond acceptors (Lipinski definition) is 4. The molecule has 2 aromatic heterocycles. The Balaban J connectivity index is 2.09. The molecular formula is C21H34BrN3O4Si. The second-order valence-corrected chi connectivity index (χ2v) is 16.5. The van der Waals surface area contributed by atoms with Gasteiger partial charge in [-0.05, 0) is 45.9 Å². The Hall–Kier alpha value is -1.58. The lowest BCUT2D eigenvalue weighted by Crippen LogP contribution is -2.40. The lowest BCUT2D eigenvalue weighted by molar-refractivity contribution is 0.0898. The van der Waals surface area contributed by atoms with Gasteiger partial charge in [0.25, 0.3) is 0 Å². The summed E-state index contributed by atoms with van der Waals surface area (Å²) in [5.74, 6) is 0.440. The third-order valence-corrected chi connectivity index (χ3v) is 6.76. The first-order chi connectivity index (χ1) is 13.8. The predicted molar refractivity (Wildman–Crippen MR) is 126 cm³/mol. The molecule has 0 bridgehead atoms. The number of fused-ring (bicyclic) bond motifs is 1. The lowest BCUT2D eigenvalue weighted by Gasteiger charge is -2.25. The van der Waals surface area contributed by atoms with Gasteiger partial charge in [-0.25, -0.2) is 4.79 Å². The van der Waals surface area contributed by atoms with Crippen LogP contribution in [0.25, 0.3) is 11.0 Å². The summed E-state index contributed by atoms with van der Waals surface area (Å²) in [4.78, 5) is 15.8. The summed E-state index contributed by atoms with van der Waals surface area (Å²) in [6, 6.07) is 4.74. The van der Waals surface area contributed by atoms with Crippen LogP contribution in [0.4, 0.5) is 4.79 Å². The average molecular weight is 501 g/mol. The molecule has 2 heterocycles. The summed E-state index contributed by atoms with van der Waals surface area (Å²) in [5.41, 5.74) is 0.743. The molecule has 0 saturated heterocycles. The molecule has 0 aromatic carbocycles. The van der Waals surface area contributed by atoms with Crippen LogP contribution < -0.4 is 10.1 Å². The van der Waals surface area contributed by atoms with E-state index in [1.165, 1.54) is 0 Å². The van der Waals surface area contributed by atoms with Crippen molar-refractivity contribution in [3.63, 3.8) is 0 Å². The molecule has 0 fully saturated rings. The number of amides is 1. The number of ether oxygens (including phenoxy) is 2. The Kier molecular flexibility index (Phi) is 8.35. The number of aromatic nitrogens is 2. The zero-order valence-electron chi connectivity index (χ0n) is 18.8. The molecule has 0 saturated carbocycles. The average Bonchev–Trinajstić information content (AvgIpc) is 2.95. The smallest absolute Gasteiger partial charge is 0.404 e. The summed E-state index contributed by atoms with van der Waals surface area (Å²) in [5, 5.41) is 12.7. The molecule has 7 nitrogen and oxygen atoms in total. The van der Waals surface area contributed by atoms with Crippen LogP contribution in [0.5, 0.6) is 5.88 Å². The van der Waals surface area contributed by atoms with Gasteiger partial charge in [-0.2, -0.15) is 4.98 Å². The molecule has 1 amide bonds. The third kappa shape index (κ3) is 8.27. The van der Waals surface area contributed by atoms with E-state index in [2.05, 4.69) is 66.6 Å². The Morgan fingerprint density at radius 3 is 2.67 bits per heavy atom. The van der Waals surface area contributed by atoms with Crippen molar-refractivity contribution in [2.45, 2.75) is 65.6 Å². The molecule has 2 rings (SSSR count). The molecule has 1 unspecified atom stereocenters. The minimum Gasteiger partial charge on any atom is -0.475 e. The van der Waals surface area contributed by atoms with Crippen LogP contribution in [0.2, 0.25) is 25.7 Å². The van der Waals surface area contributed by atoms with Crippen LogP contribution in [0, 0.1) is 5.41 Å². The number of nitrogens with one attached hydrogen (secondary N) is 1. The quantitative estimate of drug-likeness (QED) is 0.330. The number of carboxylic acid groups (broad SMARTS) is 1. The highest BCUT2D eigenvalue weighted by molar-refractivity contribution is 9.10. The van der Waals surface area contributed by atoms with E-state index in [0.717, 1.165) is 28.2 Å². The van der Waals surface area contributed by atoms with Gasteiger partial charge in [0.15, 0.2) is 0 Å². The Labute approximate surface area is 188 Å². The highest BCUT2D eigenvalue weighted by Gasteiger charge is 2.22. The van der Waals surface area contributed by atoms with Crippen molar-refractivity contribution in [3.05, 3.63) is 22.8 Å². The molecule has 0 aliphatic carbocycles. The van der Waals surface area contributed by atoms with Gasteiger partial charge in [0.05, 0.1) is 10.5 Å². The fourth-order valence-corrected chi connectivity index (χ4v) is 4.27. The summed E-state index contributed by atoms with van der Waals surface area (Å²) in [7, 11) is -1.12. The van der Waals surface area contributed by atoms with Crippen molar-refractivity contribution >= 4 is 41.1 Å². The predicted octanol–water partition coefficient (Wildman–Crippen LogP) is 5.56. The fourth-order valence-electron chi connectivity index (χ4n) is 3.06. The van der Waals surface area contributed by atoms with E-state index in [1.807, 2.05) is 22.9 Å². The topological polar surface area (TPSA) is 85.6 Å². The van der Waals surface area contributed by atoms with Crippen molar-refractivity contribution in [2.75, 3.05) is 13.2 Å². The van der Waals surface area contributed by atoms with Gasteiger partial charge in [0.1, 0.15) is 19.0 Å². The van der Waals surface area contributed by atoms with E-state index in [0.29, 0.717) is 19.0 Å². The van der Waals surface area contributed by atoms with Crippen molar-refractivity contribution in [2.24, 2.45) is 5.41 Å². The molecular weight excluding hydrogens is 466 g/mol. The standard InChI is InChI=1S/C21H34BrN3O4Si/c1-21(2,3)12-16(23-20(26)27)13-29-19-17(22)11-15-7-8-25(18(15)24-19)14-28-9-10-30(4,5)6/h7-8,11,16,23H,9-10,12-14H2,1-6H3,(H,26,27). The van der Waals surface area contributed by atoms with E-state index < -0.39 is 14.2 Å². The highest BCUT2D eigenvalue weighted by Crippen LogP contribution is 2.29. The minimum atomic E-state index is -1.12. The number of rotatable bonds is 10. The maximum atomic E-state index is 11.1. The number of hydrogen-bond donors (Lipinski definition) is 2. The summed E-state index contributed by atoms with van der Waals surface area (Å²) < 4.78 is 14.5. The van der Waals surface area contributed by atoms with Gasteiger partial charge in [-0.1, -0.05) is 40.4 Å². The first-order valence-electron chi connectivity index (χ1n) is 10.2. The van der Waals surface area contributed by atoms with E-state index >= 15 is 0 Å². The van der Waals surface area contributed by atoms with E-state index in [4.69, 9.17) is 14.6 Å². The van der Waals surface area contributed by atoms with Gasteiger partial charge >= 0.3 is 6.09 Å². The van der Waals surface area contributed by atoms with Crippen LogP contribution >= 0.6 is 15.9 Å². The van der Waals surface area contributed by atoms with Gasteiger partial charge in [-0.3, -0.25) is 0 Å². The zero-order valence-corrected chi connectivity index (χ0v) is 21.4. The molecule has 9 heteroatoms. The van der Waals surface area contributed by atoms with Crippen LogP contribution in [0.15, 0.2) is 22.8 Å². The number of halogens is 1. The molecule has 1 atom stereocenters. The van der Waals surface area contributed by atoms with Crippen LogP contribution in [-0.2, 0) is 11.5 Å². The second kappa shape index (κ2) is 10.1. The molecule has 168 valence electrons. The van der Waals surface area contributed by atoms with Gasteiger partial charge in [0.2, 0.25) is 5.88 Å². The maximum Gasteiger partial charge on any atom is 0.404 e. The Bertz CT molecular complexity index is 858.